The van der Waals surface area contributed by atoms with Crippen molar-refractivity contribution in [3.63, 3.8) is 0 Å². The van der Waals surface area contributed by atoms with Crippen LogP contribution in [0.5, 0.6) is 0 Å². The summed E-state index contributed by atoms with van der Waals surface area (Å²) in [5.74, 6) is -0.960. The maximum absolute atomic E-state index is 12.6. The number of carboxylic acid groups (broad SMARTS) is 1. The number of thiophene rings is 1. The zero-order chi connectivity index (χ0) is 17.1. The second-order valence-corrected chi connectivity index (χ2v) is 7.43. The Bertz CT molecular complexity index is 616. The van der Waals surface area contributed by atoms with E-state index < -0.39 is 12.0 Å². The fourth-order valence-electron chi connectivity index (χ4n) is 3.95. The average Bonchev–Trinajstić information content (AvgIpc) is 3.22. The highest BCUT2D eigenvalue weighted by Crippen LogP contribution is 2.40. The lowest BCUT2D eigenvalue weighted by atomic mass is 9.84. The number of carbonyl (C=O) groups is 3. The highest BCUT2D eigenvalue weighted by molar-refractivity contribution is 7.12. The van der Waals surface area contributed by atoms with Gasteiger partial charge in [-0.15, -0.1) is 11.3 Å². The van der Waals surface area contributed by atoms with Gasteiger partial charge < -0.3 is 15.3 Å². The second kappa shape index (κ2) is 7.34. The van der Waals surface area contributed by atoms with Crippen LogP contribution in [0.1, 0.15) is 48.2 Å². The molecule has 2 N–H and O–H groups in total. The SMILES string of the molecule is O=C(NCCC(=O)N1C(C(=O)O)CC2CCCCC21)c1cccs1. The van der Waals surface area contributed by atoms with E-state index in [1.807, 2.05) is 5.38 Å². The first-order valence-electron chi connectivity index (χ1n) is 8.43. The van der Waals surface area contributed by atoms with Gasteiger partial charge >= 0.3 is 5.97 Å². The first kappa shape index (κ1) is 17.0. The molecule has 3 rings (SSSR count). The number of amides is 2. The van der Waals surface area contributed by atoms with Crippen molar-refractivity contribution in [1.29, 1.82) is 0 Å². The monoisotopic (exact) mass is 350 g/mol. The van der Waals surface area contributed by atoms with Gasteiger partial charge in [0.15, 0.2) is 0 Å². The lowest BCUT2D eigenvalue weighted by Crippen LogP contribution is -2.47. The molecule has 1 aromatic rings. The Kier molecular flexibility index (Phi) is 5.18. The molecule has 6 nitrogen and oxygen atoms in total. The van der Waals surface area contributed by atoms with E-state index in [-0.39, 0.29) is 30.8 Å². The van der Waals surface area contributed by atoms with E-state index >= 15 is 0 Å². The molecule has 3 unspecified atom stereocenters. The van der Waals surface area contributed by atoms with Crippen LogP contribution in [0.4, 0.5) is 0 Å². The second-order valence-electron chi connectivity index (χ2n) is 6.49. The third-order valence-electron chi connectivity index (χ3n) is 5.03. The van der Waals surface area contributed by atoms with Gasteiger partial charge in [-0.1, -0.05) is 18.9 Å². The highest BCUT2D eigenvalue weighted by atomic mass is 32.1. The summed E-state index contributed by atoms with van der Waals surface area (Å²) in [6, 6.07) is 2.88. The molecule has 2 fully saturated rings. The number of carbonyl (C=O) groups excluding carboxylic acids is 2. The Morgan fingerprint density at radius 2 is 2.08 bits per heavy atom. The quantitative estimate of drug-likeness (QED) is 0.851. The Morgan fingerprint density at radius 3 is 2.79 bits per heavy atom. The number of hydrogen-bond acceptors (Lipinski definition) is 4. The van der Waals surface area contributed by atoms with Crippen molar-refractivity contribution in [2.24, 2.45) is 5.92 Å². The Labute approximate surface area is 144 Å². The fourth-order valence-corrected chi connectivity index (χ4v) is 4.59. The van der Waals surface area contributed by atoms with Crippen LogP contribution in [0.15, 0.2) is 17.5 Å². The molecule has 0 spiro atoms. The van der Waals surface area contributed by atoms with Crippen molar-refractivity contribution in [3.8, 4) is 0 Å². The van der Waals surface area contributed by atoms with Crippen molar-refractivity contribution in [2.45, 2.75) is 50.6 Å². The third kappa shape index (κ3) is 3.45. The molecule has 1 aromatic heterocycles. The van der Waals surface area contributed by atoms with E-state index in [1.54, 1.807) is 17.0 Å². The van der Waals surface area contributed by atoms with E-state index in [1.165, 1.54) is 11.3 Å². The molecule has 24 heavy (non-hydrogen) atoms. The van der Waals surface area contributed by atoms with Crippen LogP contribution in [0.25, 0.3) is 0 Å². The number of hydrogen-bond donors (Lipinski definition) is 2. The van der Waals surface area contributed by atoms with Gasteiger partial charge in [0.05, 0.1) is 4.88 Å². The highest BCUT2D eigenvalue weighted by Gasteiger charge is 2.47. The smallest absolute Gasteiger partial charge is 0.326 e. The molecule has 0 radical (unpaired) electrons. The molecular weight excluding hydrogens is 328 g/mol. The molecule has 1 saturated carbocycles. The maximum Gasteiger partial charge on any atom is 0.326 e. The zero-order valence-electron chi connectivity index (χ0n) is 13.4. The molecule has 1 aliphatic carbocycles. The van der Waals surface area contributed by atoms with Crippen molar-refractivity contribution in [1.82, 2.24) is 10.2 Å². The molecule has 2 aliphatic rings. The predicted octanol–water partition coefficient (Wildman–Crippen LogP) is 2.11. The average molecular weight is 350 g/mol. The van der Waals surface area contributed by atoms with Crippen LogP contribution in [0, 0.1) is 5.92 Å². The number of likely N-dealkylation sites (tertiary alicyclic amines) is 1. The van der Waals surface area contributed by atoms with Gasteiger partial charge in [-0.05, 0) is 36.6 Å². The third-order valence-corrected chi connectivity index (χ3v) is 5.90. The van der Waals surface area contributed by atoms with Crippen LogP contribution < -0.4 is 5.32 Å². The summed E-state index contributed by atoms with van der Waals surface area (Å²) in [6.45, 7) is 0.232. The largest absolute Gasteiger partial charge is 0.480 e. The van der Waals surface area contributed by atoms with E-state index in [0.29, 0.717) is 17.2 Å². The van der Waals surface area contributed by atoms with Crippen molar-refractivity contribution in [2.75, 3.05) is 6.54 Å². The minimum absolute atomic E-state index is 0.0559. The van der Waals surface area contributed by atoms with Crippen molar-refractivity contribution < 1.29 is 19.5 Å². The molecular formula is C17H22N2O4S. The van der Waals surface area contributed by atoms with Crippen LogP contribution in [-0.2, 0) is 9.59 Å². The van der Waals surface area contributed by atoms with Crippen LogP contribution in [0.3, 0.4) is 0 Å². The van der Waals surface area contributed by atoms with Crippen molar-refractivity contribution >= 4 is 29.1 Å². The van der Waals surface area contributed by atoms with Crippen LogP contribution in [0.2, 0.25) is 0 Å². The summed E-state index contributed by atoms with van der Waals surface area (Å²) in [4.78, 5) is 38.2. The number of aliphatic carboxylic acids is 1. The Morgan fingerprint density at radius 1 is 1.29 bits per heavy atom. The molecule has 2 amide bonds. The number of nitrogens with zero attached hydrogens (tertiary/aromatic N) is 1. The maximum atomic E-state index is 12.6. The molecule has 3 atom stereocenters. The Hall–Kier alpha value is -1.89. The molecule has 7 heteroatoms. The van der Waals surface area contributed by atoms with Gasteiger partial charge in [0, 0.05) is 19.0 Å². The summed E-state index contributed by atoms with van der Waals surface area (Å²) < 4.78 is 0. The number of carboxylic acids is 1. The summed E-state index contributed by atoms with van der Waals surface area (Å²) in [5.41, 5.74) is 0. The molecule has 0 aromatic carbocycles. The fraction of sp³-hybridized carbons (Fsp3) is 0.588. The number of rotatable bonds is 5. The van der Waals surface area contributed by atoms with Gasteiger partial charge in [-0.3, -0.25) is 9.59 Å². The summed E-state index contributed by atoms with van der Waals surface area (Å²) in [5, 5.41) is 14.0. The van der Waals surface area contributed by atoms with Gasteiger partial charge in [-0.25, -0.2) is 4.79 Å². The molecule has 130 valence electrons. The van der Waals surface area contributed by atoms with E-state index in [4.69, 9.17) is 0 Å². The minimum atomic E-state index is -0.916. The predicted molar refractivity (Wildman–Crippen MR) is 89.9 cm³/mol. The van der Waals surface area contributed by atoms with Crippen molar-refractivity contribution in [3.05, 3.63) is 22.4 Å². The lowest BCUT2D eigenvalue weighted by Gasteiger charge is -2.33. The Balaban J connectivity index is 1.58. The summed E-state index contributed by atoms with van der Waals surface area (Å²) in [6.07, 6.45) is 4.77. The molecule has 1 saturated heterocycles. The molecule has 2 heterocycles. The molecule has 1 aliphatic heterocycles. The normalized spacial score (nSPS) is 26.0. The van der Waals surface area contributed by atoms with Gasteiger partial charge in [-0.2, -0.15) is 0 Å². The topological polar surface area (TPSA) is 86.7 Å². The van der Waals surface area contributed by atoms with E-state index in [2.05, 4.69) is 5.32 Å². The summed E-state index contributed by atoms with van der Waals surface area (Å²) >= 11 is 1.35. The standard InChI is InChI=1S/C17H22N2O4S/c20-15(7-8-18-16(21)14-6-3-9-24-14)19-12-5-2-1-4-11(12)10-13(19)17(22)23/h3,6,9,11-13H,1-2,4-5,7-8,10H2,(H,18,21)(H,22,23). The van der Waals surface area contributed by atoms with E-state index in [0.717, 1.165) is 25.7 Å². The number of fused-ring (bicyclic) bond motifs is 1. The van der Waals surface area contributed by atoms with Gasteiger partial charge in [0.2, 0.25) is 5.91 Å². The minimum Gasteiger partial charge on any atom is -0.480 e. The zero-order valence-corrected chi connectivity index (χ0v) is 14.3. The first-order valence-corrected chi connectivity index (χ1v) is 9.31. The summed E-state index contributed by atoms with van der Waals surface area (Å²) in [7, 11) is 0. The van der Waals surface area contributed by atoms with Gasteiger partial charge in [0.25, 0.3) is 5.91 Å². The van der Waals surface area contributed by atoms with Crippen LogP contribution >= 0.6 is 11.3 Å². The lowest BCUT2D eigenvalue weighted by molar-refractivity contribution is -0.149. The first-order chi connectivity index (χ1) is 11.6. The van der Waals surface area contributed by atoms with Crippen LogP contribution in [-0.4, -0.2) is 46.4 Å². The molecule has 0 bridgehead atoms. The van der Waals surface area contributed by atoms with E-state index in [9.17, 15) is 19.5 Å². The van der Waals surface area contributed by atoms with Gasteiger partial charge in [0.1, 0.15) is 6.04 Å². The number of nitrogens with one attached hydrogen (secondary N) is 1.